The number of hydrogen-bond donors (Lipinski definition) is 2. The van der Waals surface area contributed by atoms with Crippen molar-refractivity contribution in [1.29, 1.82) is 0 Å². The second kappa shape index (κ2) is 4.61. The highest BCUT2D eigenvalue weighted by molar-refractivity contribution is 5.61. The maximum Gasteiger partial charge on any atom is 0.228 e. The molecule has 3 N–H and O–H groups in total. The first kappa shape index (κ1) is 10.4. The molecular weight excluding hydrogens is 206 g/mol. The van der Waals surface area contributed by atoms with Gasteiger partial charge in [0.05, 0.1) is 5.69 Å². The smallest absolute Gasteiger partial charge is 0.228 e. The standard InChI is InChI=1S/C10H13N5O/c1-7-4-8(11)10(13-5-7)12-3-2-9-14-6-15-16-9/h4-6H,2-3,11H2,1H3,(H,12,13). The van der Waals surface area contributed by atoms with Crippen LogP contribution in [0.5, 0.6) is 0 Å². The monoisotopic (exact) mass is 219 g/mol. The molecule has 2 aromatic heterocycles. The van der Waals surface area contributed by atoms with Gasteiger partial charge in [0.2, 0.25) is 5.89 Å². The van der Waals surface area contributed by atoms with Crippen molar-refractivity contribution in [3.05, 3.63) is 30.0 Å². The fourth-order valence-corrected chi connectivity index (χ4v) is 1.33. The molecule has 0 bridgehead atoms. The summed E-state index contributed by atoms with van der Waals surface area (Å²) in [4.78, 5) is 8.11. The lowest BCUT2D eigenvalue weighted by atomic mass is 10.3. The molecule has 0 aromatic carbocycles. The van der Waals surface area contributed by atoms with Crippen molar-refractivity contribution in [2.24, 2.45) is 0 Å². The van der Waals surface area contributed by atoms with Crippen LogP contribution in [0.3, 0.4) is 0 Å². The molecule has 16 heavy (non-hydrogen) atoms. The van der Waals surface area contributed by atoms with Crippen molar-refractivity contribution in [1.82, 2.24) is 15.1 Å². The Labute approximate surface area is 92.9 Å². The Hall–Kier alpha value is -2.11. The molecule has 0 saturated heterocycles. The number of nitrogens with two attached hydrogens (primary N) is 1. The number of nitrogens with zero attached hydrogens (tertiary/aromatic N) is 3. The zero-order valence-corrected chi connectivity index (χ0v) is 8.97. The first-order chi connectivity index (χ1) is 7.75. The lowest BCUT2D eigenvalue weighted by Gasteiger charge is -2.07. The lowest BCUT2D eigenvalue weighted by Crippen LogP contribution is -2.08. The predicted octanol–water partition coefficient (Wildman–Crippen LogP) is 1.01. The minimum absolute atomic E-state index is 0.596. The van der Waals surface area contributed by atoms with Crippen LogP contribution in [0.4, 0.5) is 11.5 Å². The largest absolute Gasteiger partial charge is 0.396 e. The third kappa shape index (κ3) is 2.47. The van der Waals surface area contributed by atoms with Gasteiger partial charge in [0.1, 0.15) is 5.82 Å². The maximum atomic E-state index is 5.80. The van der Waals surface area contributed by atoms with E-state index in [0.717, 1.165) is 5.56 Å². The summed E-state index contributed by atoms with van der Waals surface area (Å²) >= 11 is 0. The molecule has 0 aliphatic carbocycles. The van der Waals surface area contributed by atoms with Crippen LogP contribution < -0.4 is 11.1 Å². The van der Waals surface area contributed by atoms with Crippen LogP contribution in [0.2, 0.25) is 0 Å². The second-order valence-electron chi connectivity index (χ2n) is 3.46. The zero-order chi connectivity index (χ0) is 11.4. The van der Waals surface area contributed by atoms with Crippen molar-refractivity contribution in [2.75, 3.05) is 17.6 Å². The van der Waals surface area contributed by atoms with Crippen LogP contribution in [-0.2, 0) is 6.42 Å². The third-order valence-corrected chi connectivity index (χ3v) is 2.09. The van der Waals surface area contributed by atoms with E-state index in [0.29, 0.717) is 30.4 Å². The van der Waals surface area contributed by atoms with E-state index in [1.807, 2.05) is 13.0 Å². The molecule has 2 rings (SSSR count). The summed E-state index contributed by atoms with van der Waals surface area (Å²) in [6, 6.07) is 1.88. The van der Waals surface area contributed by atoms with Gasteiger partial charge in [-0.3, -0.25) is 0 Å². The molecule has 0 amide bonds. The highest BCUT2D eigenvalue weighted by Gasteiger charge is 2.02. The fourth-order valence-electron chi connectivity index (χ4n) is 1.33. The Kier molecular flexibility index (Phi) is 3.00. The van der Waals surface area contributed by atoms with E-state index in [-0.39, 0.29) is 0 Å². The summed E-state index contributed by atoms with van der Waals surface area (Å²) < 4.78 is 4.87. The summed E-state index contributed by atoms with van der Waals surface area (Å²) in [6.45, 7) is 2.61. The molecule has 0 fully saturated rings. The van der Waals surface area contributed by atoms with Crippen LogP contribution in [0.1, 0.15) is 11.5 Å². The van der Waals surface area contributed by atoms with E-state index < -0.39 is 0 Å². The molecule has 0 spiro atoms. The topological polar surface area (TPSA) is 89.9 Å². The van der Waals surface area contributed by atoms with E-state index in [1.165, 1.54) is 6.33 Å². The average Bonchev–Trinajstić information content (AvgIpc) is 2.74. The van der Waals surface area contributed by atoms with Crippen molar-refractivity contribution in [3.63, 3.8) is 0 Å². The number of hydrogen-bond acceptors (Lipinski definition) is 6. The van der Waals surface area contributed by atoms with Crippen LogP contribution >= 0.6 is 0 Å². The first-order valence-corrected chi connectivity index (χ1v) is 4.97. The summed E-state index contributed by atoms with van der Waals surface area (Å²) in [5.74, 6) is 1.28. The quantitative estimate of drug-likeness (QED) is 0.797. The zero-order valence-electron chi connectivity index (χ0n) is 8.97. The van der Waals surface area contributed by atoms with Gasteiger partial charge in [0, 0.05) is 19.2 Å². The number of anilines is 2. The number of rotatable bonds is 4. The van der Waals surface area contributed by atoms with Crippen LogP contribution in [0.15, 0.2) is 23.1 Å². The maximum absolute atomic E-state index is 5.80. The van der Waals surface area contributed by atoms with Gasteiger partial charge in [-0.05, 0) is 18.6 Å². The summed E-state index contributed by atoms with van der Waals surface area (Å²) in [6.07, 6.45) is 3.80. The molecular formula is C10H13N5O. The highest BCUT2D eigenvalue weighted by Crippen LogP contribution is 2.15. The second-order valence-corrected chi connectivity index (χ2v) is 3.46. The molecule has 0 saturated carbocycles. The van der Waals surface area contributed by atoms with E-state index in [1.54, 1.807) is 6.20 Å². The van der Waals surface area contributed by atoms with E-state index in [2.05, 4.69) is 20.4 Å². The molecule has 0 aliphatic rings. The third-order valence-electron chi connectivity index (χ3n) is 2.09. The lowest BCUT2D eigenvalue weighted by molar-refractivity contribution is 0.379. The minimum atomic E-state index is 0.596. The summed E-state index contributed by atoms with van der Waals surface area (Å²) in [5, 5.41) is 6.64. The number of pyridine rings is 1. The summed E-state index contributed by atoms with van der Waals surface area (Å²) in [7, 11) is 0. The molecule has 84 valence electrons. The fraction of sp³-hybridized carbons (Fsp3) is 0.300. The van der Waals surface area contributed by atoms with E-state index in [4.69, 9.17) is 10.3 Å². The van der Waals surface area contributed by atoms with E-state index >= 15 is 0 Å². The number of aryl methyl sites for hydroxylation is 1. The molecule has 0 radical (unpaired) electrons. The molecule has 0 unspecified atom stereocenters. The highest BCUT2D eigenvalue weighted by atomic mass is 16.5. The normalized spacial score (nSPS) is 10.3. The van der Waals surface area contributed by atoms with Gasteiger partial charge in [0.25, 0.3) is 0 Å². The molecule has 0 atom stereocenters. The first-order valence-electron chi connectivity index (χ1n) is 4.97. The molecule has 2 heterocycles. The van der Waals surface area contributed by atoms with E-state index in [9.17, 15) is 0 Å². The number of nitrogens with one attached hydrogen (secondary N) is 1. The number of aromatic nitrogens is 3. The minimum Gasteiger partial charge on any atom is -0.396 e. The van der Waals surface area contributed by atoms with Crippen molar-refractivity contribution < 1.29 is 4.52 Å². The molecule has 6 nitrogen and oxygen atoms in total. The predicted molar refractivity (Wildman–Crippen MR) is 59.9 cm³/mol. The van der Waals surface area contributed by atoms with Gasteiger partial charge in [-0.25, -0.2) is 4.98 Å². The van der Waals surface area contributed by atoms with Crippen molar-refractivity contribution in [2.45, 2.75) is 13.3 Å². The molecule has 0 aliphatic heterocycles. The number of nitrogen functional groups attached to an aromatic ring is 1. The van der Waals surface area contributed by atoms with Gasteiger partial charge < -0.3 is 15.6 Å². The Morgan fingerprint density at radius 2 is 2.31 bits per heavy atom. The van der Waals surface area contributed by atoms with Crippen molar-refractivity contribution >= 4 is 11.5 Å². The van der Waals surface area contributed by atoms with Gasteiger partial charge in [-0.1, -0.05) is 5.16 Å². The Bertz CT molecular complexity index is 454. The average molecular weight is 219 g/mol. The van der Waals surface area contributed by atoms with Gasteiger partial charge in [-0.2, -0.15) is 4.98 Å². The van der Waals surface area contributed by atoms with Gasteiger partial charge in [0.15, 0.2) is 6.33 Å². The Morgan fingerprint density at radius 3 is 3.00 bits per heavy atom. The Balaban J connectivity index is 1.90. The van der Waals surface area contributed by atoms with Crippen molar-refractivity contribution in [3.8, 4) is 0 Å². The van der Waals surface area contributed by atoms with Crippen LogP contribution in [0, 0.1) is 6.92 Å². The SMILES string of the molecule is Cc1cnc(NCCc2ncno2)c(N)c1. The van der Waals surface area contributed by atoms with Crippen LogP contribution in [-0.4, -0.2) is 21.7 Å². The molecule has 6 heteroatoms. The van der Waals surface area contributed by atoms with Crippen LogP contribution in [0.25, 0.3) is 0 Å². The Morgan fingerprint density at radius 1 is 1.44 bits per heavy atom. The molecule has 2 aromatic rings. The summed E-state index contributed by atoms with van der Waals surface area (Å²) in [5.41, 5.74) is 7.49. The van der Waals surface area contributed by atoms with Gasteiger partial charge >= 0.3 is 0 Å². The van der Waals surface area contributed by atoms with Gasteiger partial charge in [-0.15, -0.1) is 0 Å².